The van der Waals surface area contributed by atoms with Crippen LogP contribution in [0.2, 0.25) is 0 Å². The van der Waals surface area contributed by atoms with Crippen LogP contribution in [0.5, 0.6) is 11.8 Å². The van der Waals surface area contributed by atoms with Crippen LogP contribution >= 0.6 is 0 Å². The Kier molecular flexibility index (Phi) is 4.61. The van der Waals surface area contributed by atoms with Crippen LogP contribution in [0.4, 0.5) is 5.69 Å². The molecule has 100 valence electrons. The zero-order valence-corrected chi connectivity index (χ0v) is 10.9. The van der Waals surface area contributed by atoms with E-state index in [4.69, 9.17) is 15.2 Å². The number of aromatic nitrogens is 2. The third kappa shape index (κ3) is 3.24. The van der Waals surface area contributed by atoms with E-state index in [1.54, 1.807) is 0 Å². The number of hydrogen-bond acceptors (Lipinski definition) is 5. The summed E-state index contributed by atoms with van der Waals surface area (Å²) < 4.78 is 11.3. The standard InChI is InChI=1S/C13H21N3O2/c1-2-8-17-12-11(14)13(16-9-15-12)18-10-6-4-3-5-7-10/h9-10H,2-8,14H2,1H3. The Morgan fingerprint density at radius 2 is 1.94 bits per heavy atom. The molecule has 18 heavy (non-hydrogen) atoms. The van der Waals surface area contributed by atoms with E-state index in [9.17, 15) is 0 Å². The van der Waals surface area contributed by atoms with Crippen LogP contribution in [0.1, 0.15) is 45.4 Å². The van der Waals surface area contributed by atoms with E-state index in [1.807, 2.05) is 6.92 Å². The van der Waals surface area contributed by atoms with Gasteiger partial charge in [0.05, 0.1) is 6.61 Å². The minimum Gasteiger partial charge on any atom is -0.476 e. The summed E-state index contributed by atoms with van der Waals surface area (Å²) in [5, 5.41) is 0. The van der Waals surface area contributed by atoms with Gasteiger partial charge in [-0.2, -0.15) is 9.97 Å². The summed E-state index contributed by atoms with van der Waals surface area (Å²) in [6.45, 7) is 2.64. The van der Waals surface area contributed by atoms with Gasteiger partial charge in [-0.15, -0.1) is 0 Å². The van der Waals surface area contributed by atoms with Crippen molar-refractivity contribution in [3.05, 3.63) is 6.33 Å². The molecule has 0 bridgehead atoms. The highest BCUT2D eigenvalue weighted by Crippen LogP contribution is 2.30. The molecule has 0 atom stereocenters. The average molecular weight is 251 g/mol. The molecule has 1 fully saturated rings. The van der Waals surface area contributed by atoms with Crippen molar-refractivity contribution in [1.29, 1.82) is 0 Å². The van der Waals surface area contributed by atoms with E-state index in [-0.39, 0.29) is 6.10 Å². The third-order valence-electron chi connectivity index (χ3n) is 3.08. The number of anilines is 1. The Morgan fingerprint density at radius 1 is 1.22 bits per heavy atom. The fourth-order valence-electron chi connectivity index (χ4n) is 2.11. The molecule has 0 aliphatic heterocycles. The second-order valence-corrected chi connectivity index (χ2v) is 4.62. The molecule has 5 nitrogen and oxygen atoms in total. The van der Waals surface area contributed by atoms with Crippen molar-refractivity contribution in [3.63, 3.8) is 0 Å². The largest absolute Gasteiger partial charge is 0.476 e. The quantitative estimate of drug-likeness (QED) is 0.870. The normalized spacial score (nSPS) is 16.5. The Hall–Kier alpha value is -1.52. The highest BCUT2D eigenvalue weighted by Gasteiger charge is 2.18. The lowest BCUT2D eigenvalue weighted by atomic mass is 9.98. The fourth-order valence-corrected chi connectivity index (χ4v) is 2.11. The van der Waals surface area contributed by atoms with Crippen molar-refractivity contribution in [2.45, 2.75) is 51.6 Å². The van der Waals surface area contributed by atoms with Crippen molar-refractivity contribution < 1.29 is 9.47 Å². The molecule has 0 saturated heterocycles. The number of hydrogen-bond donors (Lipinski definition) is 1. The number of nitrogens with two attached hydrogens (primary N) is 1. The summed E-state index contributed by atoms with van der Waals surface area (Å²) in [5.41, 5.74) is 6.38. The summed E-state index contributed by atoms with van der Waals surface area (Å²) in [7, 11) is 0. The topological polar surface area (TPSA) is 70.3 Å². The molecule has 1 heterocycles. The highest BCUT2D eigenvalue weighted by molar-refractivity contribution is 5.55. The molecule has 1 aromatic heterocycles. The van der Waals surface area contributed by atoms with E-state index in [0.717, 1.165) is 19.3 Å². The van der Waals surface area contributed by atoms with Crippen LogP contribution in [-0.2, 0) is 0 Å². The van der Waals surface area contributed by atoms with Crippen LogP contribution in [-0.4, -0.2) is 22.7 Å². The lowest BCUT2D eigenvalue weighted by Crippen LogP contribution is -2.21. The van der Waals surface area contributed by atoms with Crippen molar-refractivity contribution in [2.24, 2.45) is 0 Å². The van der Waals surface area contributed by atoms with Crippen molar-refractivity contribution in [3.8, 4) is 11.8 Å². The van der Waals surface area contributed by atoms with E-state index in [1.165, 1.54) is 25.6 Å². The predicted octanol–water partition coefficient (Wildman–Crippen LogP) is 2.56. The van der Waals surface area contributed by atoms with Gasteiger partial charge in [-0.1, -0.05) is 13.3 Å². The number of ether oxygens (including phenoxy) is 2. The van der Waals surface area contributed by atoms with Crippen molar-refractivity contribution >= 4 is 5.69 Å². The Balaban J connectivity index is 2.02. The van der Waals surface area contributed by atoms with E-state index in [2.05, 4.69) is 9.97 Å². The summed E-state index contributed by atoms with van der Waals surface area (Å²) >= 11 is 0. The summed E-state index contributed by atoms with van der Waals surface area (Å²) in [4.78, 5) is 8.13. The molecule has 2 N–H and O–H groups in total. The molecule has 5 heteroatoms. The third-order valence-corrected chi connectivity index (χ3v) is 3.08. The second-order valence-electron chi connectivity index (χ2n) is 4.62. The molecular formula is C13H21N3O2. The van der Waals surface area contributed by atoms with Crippen molar-refractivity contribution in [2.75, 3.05) is 12.3 Å². The number of nitrogen functional groups attached to an aromatic ring is 1. The van der Waals surface area contributed by atoms with Gasteiger partial charge < -0.3 is 15.2 Å². The monoisotopic (exact) mass is 251 g/mol. The molecule has 2 rings (SSSR count). The van der Waals surface area contributed by atoms with Crippen LogP contribution in [0, 0.1) is 0 Å². The Morgan fingerprint density at radius 3 is 2.67 bits per heavy atom. The van der Waals surface area contributed by atoms with Gasteiger partial charge in [0, 0.05) is 0 Å². The molecule has 1 aliphatic carbocycles. The average Bonchev–Trinajstić information content (AvgIpc) is 2.41. The van der Waals surface area contributed by atoms with Crippen molar-refractivity contribution in [1.82, 2.24) is 9.97 Å². The van der Waals surface area contributed by atoms with Gasteiger partial charge in [0.1, 0.15) is 12.4 Å². The molecule has 1 saturated carbocycles. The lowest BCUT2D eigenvalue weighted by Gasteiger charge is -2.23. The Labute approximate surface area is 108 Å². The SMILES string of the molecule is CCCOc1ncnc(OC2CCCCC2)c1N. The molecule has 0 unspecified atom stereocenters. The van der Waals surface area contributed by atoms with Crippen LogP contribution in [0.3, 0.4) is 0 Å². The first-order valence-electron chi connectivity index (χ1n) is 6.71. The van der Waals surface area contributed by atoms with Crippen LogP contribution < -0.4 is 15.2 Å². The van der Waals surface area contributed by atoms with E-state index < -0.39 is 0 Å². The molecule has 1 aliphatic rings. The maximum Gasteiger partial charge on any atom is 0.244 e. The first-order chi connectivity index (χ1) is 8.81. The van der Waals surface area contributed by atoms with Gasteiger partial charge in [0.15, 0.2) is 5.69 Å². The molecule has 0 radical (unpaired) electrons. The summed E-state index contributed by atoms with van der Waals surface area (Å²) in [6.07, 6.45) is 8.48. The first kappa shape index (κ1) is 12.9. The van der Waals surface area contributed by atoms with E-state index in [0.29, 0.717) is 24.1 Å². The summed E-state index contributed by atoms with van der Waals surface area (Å²) in [6, 6.07) is 0. The molecule has 0 spiro atoms. The second kappa shape index (κ2) is 6.42. The minimum absolute atomic E-state index is 0.231. The van der Waals surface area contributed by atoms with Gasteiger partial charge in [0.25, 0.3) is 0 Å². The van der Waals surface area contributed by atoms with Crippen LogP contribution in [0.25, 0.3) is 0 Å². The van der Waals surface area contributed by atoms with E-state index >= 15 is 0 Å². The predicted molar refractivity (Wildman–Crippen MR) is 69.7 cm³/mol. The smallest absolute Gasteiger partial charge is 0.244 e. The lowest BCUT2D eigenvalue weighted by molar-refractivity contribution is 0.148. The minimum atomic E-state index is 0.231. The zero-order valence-electron chi connectivity index (χ0n) is 10.9. The zero-order chi connectivity index (χ0) is 12.8. The number of rotatable bonds is 5. The van der Waals surface area contributed by atoms with Crippen LogP contribution in [0.15, 0.2) is 6.33 Å². The summed E-state index contributed by atoms with van der Waals surface area (Å²) in [5.74, 6) is 0.890. The Bertz CT molecular complexity index is 378. The van der Waals surface area contributed by atoms with Gasteiger partial charge in [-0.25, -0.2) is 0 Å². The highest BCUT2D eigenvalue weighted by atomic mass is 16.5. The number of nitrogens with zero attached hydrogens (tertiary/aromatic N) is 2. The van der Waals surface area contributed by atoms with Gasteiger partial charge in [0.2, 0.25) is 11.8 Å². The fraction of sp³-hybridized carbons (Fsp3) is 0.692. The molecule has 1 aromatic rings. The van der Waals surface area contributed by atoms with Gasteiger partial charge in [-0.05, 0) is 32.1 Å². The first-order valence-corrected chi connectivity index (χ1v) is 6.71. The maximum absolute atomic E-state index is 5.97. The maximum atomic E-state index is 5.97. The molecular weight excluding hydrogens is 230 g/mol. The molecule has 0 amide bonds. The van der Waals surface area contributed by atoms with Gasteiger partial charge in [-0.3, -0.25) is 0 Å². The van der Waals surface area contributed by atoms with Gasteiger partial charge >= 0.3 is 0 Å². The molecule has 0 aromatic carbocycles.